The third-order valence-electron chi connectivity index (χ3n) is 7.83. The molecule has 0 amide bonds. The Kier molecular flexibility index (Phi) is 7.99. The van der Waals surface area contributed by atoms with E-state index in [-0.39, 0.29) is 11.3 Å². The normalized spacial score (nSPS) is 12.0. The van der Waals surface area contributed by atoms with Gasteiger partial charge in [-0.15, -0.1) is 0 Å². The van der Waals surface area contributed by atoms with Gasteiger partial charge in [-0.05, 0) is 17.2 Å². The number of fused-ring (bicyclic) bond motifs is 4. The molecule has 5 aromatic carbocycles. The zero-order chi connectivity index (χ0) is 31.5. The van der Waals surface area contributed by atoms with E-state index in [1.807, 2.05) is 103 Å². The topological polar surface area (TPSA) is 82.8 Å². The van der Waals surface area contributed by atoms with Crippen molar-refractivity contribution in [3.63, 3.8) is 0 Å². The van der Waals surface area contributed by atoms with Crippen molar-refractivity contribution >= 4 is 73.8 Å². The second-order valence-corrected chi connectivity index (χ2v) is 10.2. The van der Waals surface area contributed by atoms with Crippen LogP contribution in [0.3, 0.4) is 0 Å². The minimum atomic E-state index is -0.735. The number of carbonyl (C=O) groups excluding carboxylic acids is 3. The molecule has 0 saturated carbocycles. The predicted molar refractivity (Wildman–Crippen MR) is 175 cm³/mol. The van der Waals surface area contributed by atoms with Gasteiger partial charge in [-0.3, -0.25) is 4.79 Å². The zero-order valence-corrected chi connectivity index (χ0v) is 24.9. The monoisotopic (exact) mass is 595 g/mol. The highest BCUT2D eigenvalue weighted by molar-refractivity contribution is 6.39. The Balaban J connectivity index is 1.71. The molecular weight excluding hydrogens is 566 g/mol. The first-order valence-electron chi connectivity index (χ1n) is 14.2. The molecule has 6 rings (SSSR count). The van der Waals surface area contributed by atoms with Gasteiger partial charge in [-0.25, -0.2) is 9.59 Å². The molecule has 45 heavy (non-hydrogen) atoms. The summed E-state index contributed by atoms with van der Waals surface area (Å²) in [7, 11) is 3.86. The minimum Gasteiger partial charge on any atom is -0.490 e. The lowest BCUT2D eigenvalue weighted by Crippen LogP contribution is -2.39. The fraction of sp³-hybridized carbons (Fsp3) is 0.0789. The van der Waals surface area contributed by atoms with E-state index in [9.17, 15) is 14.4 Å². The fourth-order valence-electron chi connectivity index (χ4n) is 5.84. The van der Waals surface area contributed by atoms with Crippen molar-refractivity contribution < 1.29 is 33.2 Å². The molecule has 7 heteroatoms. The van der Waals surface area contributed by atoms with Crippen molar-refractivity contribution in [3.05, 3.63) is 132 Å². The molecule has 0 fully saturated rings. The summed E-state index contributed by atoms with van der Waals surface area (Å²) in [5, 5.41) is 3.44. The van der Waals surface area contributed by atoms with Gasteiger partial charge in [0.05, 0.1) is 32.3 Å². The summed E-state index contributed by atoms with van der Waals surface area (Å²) in [6.45, 7) is 0. The number of esters is 3. The van der Waals surface area contributed by atoms with E-state index in [0.717, 1.165) is 21.9 Å². The zero-order valence-electron chi connectivity index (χ0n) is 24.9. The molecule has 0 spiro atoms. The quantitative estimate of drug-likeness (QED) is 0.0662. The number of para-hydroxylation sites is 1. The average Bonchev–Trinajstić information content (AvgIpc) is 3.43. The van der Waals surface area contributed by atoms with E-state index in [4.69, 9.17) is 14.2 Å². The molecule has 0 aliphatic rings. The van der Waals surface area contributed by atoms with Gasteiger partial charge < -0.3 is 14.2 Å². The first kappa shape index (κ1) is 29.1. The van der Waals surface area contributed by atoms with Crippen molar-refractivity contribution in [3.8, 4) is 0 Å². The van der Waals surface area contributed by atoms with Crippen molar-refractivity contribution in [2.45, 2.75) is 0 Å². The van der Waals surface area contributed by atoms with E-state index < -0.39 is 17.9 Å². The second kappa shape index (κ2) is 12.3. The van der Waals surface area contributed by atoms with Crippen LogP contribution in [0.1, 0.15) is 27.0 Å². The van der Waals surface area contributed by atoms with Crippen molar-refractivity contribution in [2.24, 2.45) is 0 Å². The van der Waals surface area contributed by atoms with Gasteiger partial charge in [0.2, 0.25) is 5.52 Å². The summed E-state index contributed by atoms with van der Waals surface area (Å²) in [6.07, 6.45) is 5.77. The maximum Gasteiger partial charge on any atom is 0.379 e. The van der Waals surface area contributed by atoms with Gasteiger partial charge >= 0.3 is 11.9 Å². The van der Waals surface area contributed by atoms with E-state index in [1.54, 1.807) is 22.9 Å². The van der Waals surface area contributed by atoms with Gasteiger partial charge in [0.15, 0.2) is 6.20 Å². The summed E-state index contributed by atoms with van der Waals surface area (Å²) >= 11 is 0. The predicted octanol–water partition coefficient (Wildman–Crippen LogP) is 6.82. The molecule has 0 saturated heterocycles. The van der Waals surface area contributed by atoms with E-state index >= 15 is 0 Å². The summed E-state index contributed by atoms with van der Waals surface area (Å²) in [4.78, 5) is 40.5. The standard InChI is InChI=1S/C38H29NO6/c1-43-36(40)30-18-11-17-29-32(30)27-15-7-8-16-28(27)33(29)34(37(41)44-2)35(38(42)45-3)39-23-22-25(26-14-9-10-19-31(26)39)21-20-24-12-5-4-6-13-24/h4-23H,1-3H3/b21-20+,35-34-. The maximum absolute atomic E-state index is 13.9. The lowest BCUT2D eigenvalue weighted by atomic mass is 9.98. The number of methoxy groups -OCH3 is 3. The van der Waals surface area contributed by atoms with Crippen LogP contribution in [-0.2, 0) is 23.8 Å². The number of rotatable bonds is 7. The Morgan fingerprint density at radius 2 is 1.31 bits per heavy atom. The van der Waals surface area contributed by atoms with Crippen LogP contribution in [0.15, 0.2) is 109 Å². The Morgan fingerprint density at radius 3 is 2.04 bits per heavy atom. The minimum absolute atomic E-state index is 0.000275. The van der Waals surface area contributed by atoms with Crippen LogP contribution in [-0.4, -0.2) is 39.2 Å². The molecule has 0 radical (unpaired) electrons. The molecule has 1 heterocycles. The molecular formula is C38H29NO6. The number of pyridine rings is 1. The van der Waals surface area contributed by atoms with Crippen LogP contribution in [0, 0.1) is 0 Å². The SMILES string of the molecule is COC(=O)/C(=C(/C(=O)OC)[n+]1ccc(/C=C/c2ccccc2)c2ccccc21)[c-]1c2ccccc2c2c(C(=O)OC)cccc21. The number of benzene rings is 4. The van der Waals surface area contributed by atoms with Gasteiger partial charge in [-0.2, -0.15) is 4.57 Å². The molecule has 6 aromatic rings. The van der Waals surface area contributed by atoms with Crippen LogP contribution in [0.25, 0.3) is 55.9 Å². The fourth-order valence-corrected chi connectivity index (χ4v) is 5.84. The third kappa shape index (κ3) is 5.14. The number of carbonyl (C=O) groups is 3. The summed E-state index contributed by atoms with van der Waals surface area (Å²) in [5.41, 5.74) is 3.40. The van der Waals surface area contributed by atoms with Gasteiger partial charge in [-0.1, -0.05) is 124 Å². The second-order valence-electron chi connectivity index (χ2n) is 10.2. The Labute approximate surface area is 259 Å². The number of ether oxygens (including phenoxy) is 3. The summed E-state index contributed by atoms with van der Waals surface area (Å²) in [5.74, 6) is -1.99. The molecule has 0 aliphatic carbocycles. The maximum atomic E-state index is 13.9. The highest BCUT2D eigenvalue weighted by Crippen LogP contribution is 2.41. The molecule has 1 aromatic heterocycles. The van der Waals surface area contributed by atoms with Crippen molar-refractivity contribution in [1.29, 1.82) is 0 Å². The lowest BCUT2D eigenvalue weighted by molar-refractivity contribution is -0.548. The van der Waals surface area contributed by atoms with Crippen LogP contribution >= 0.6 is 0 Å². The Bertz CT molecular complexity index is 2170. The molecule has 0 aliphatic heterocycles. The third-order valence-corrected chi connectivity index (χ3v) is 7.83. The molecule has 0 unspecified atom stereocenters. The lowest BCUT2D eigenvalue weighted by Gasteiger charge is -2.15. The number of hydrogen-bond acceptors (Lipinski definition) is 6. The van der Waals surface area contributed by atoms with Crippen LogP contribution < -0.4 is 4.57 Å². The molecule has 7 nitrogen and oxygen atoms in total. The summed E-state index contributed by atoms with van der Waals surface area (Å²) in [6, 6.07) is 32.1. The van der Waals surface area contributed by atoms with Crippen LogP contribution in [0.5, 0.6) is 0 Å². The van der Waals surface area contributed by atoms with Crippen LogP contribution in [0.4, 0.5) is 0 Å². The number of nitrogens with zero attached hydrogens (tertiary/aromatic N) is 1. The summed E-state index contributed by atoms with van der Waals surface area (Å²) < 4.78 is 17.4. The van der Waals surface area contributed by atoms with Crippen molar-refractivity contribution in [2.75, 3.05) is 21.3 Å². The van der Waals surface area contributed by atoms with E-state index in [2.05, 4.69) is 0 Å². The largest absolute Gasteiger partial charge is 0.490 e. The number of aromatic nitrogens is 1. The van der Waals surface area contributed by atoms with E-state index in [1.165, 1.54) is 21.3 Å². The molecule has 0 N–H and O–H groups in total. The number of hydrogen-bond donors (Lipinski definition) is 0. The average molecular weight is 596 g/mol. The highest BCUT2D eigenvalue weighted by atomic mass is 16.5. The molecule has 222 valence electrons. The van der Waals surface area contributed by atoms with Gasteiger partial charge in [0.1, 0.15) is 0 Å². The van der Waals surface area contributed by atoms with Gasteiger partial charge in [0.25, 0.3) is 11.7 Å². The van der Waals surface area contributed by atoms with Crippen molar-refractivity contribution in [1.82, 2.24) is 0 Å². The van der Waals surface area contributed by atoms with Crippen LogP contribution in [0.2, 0.25) is 0 Å². The Hall–Kier alpha value is -5.95. The first-order chi connectivity index (χ1) is 22.0. The smallest absolute Gasteiger partial charge is 0.379 e. The van der Waals surface area contributed by atoms with E-state index in [0.29, 0.717) is 32.8 Å². The highest BCUT2D eigenvalue weighted by Gasteiger charge is 2.32. The molecule has 0 bridgehead atoms. The van der Waals surface area contributed by atoms with Gasteiger partial charge in [0, 0.05) is 17.7 Å². The molecule has 0 atom stereocenters. The first-order valence-corrected chi connectivity index (χ1v) is 14.2. The Morgan fingerprint density at radius 1 is 0.644 bits per heavy atom.